The molecule has 0 saturated heterocycles. The van der Waals surface area contributed by atoms with E-state index in [1.54, 1.807) is 18.0 Å². The summed E-state index contributed by atoms with van der Waals surface area (Å²) in [5.41, 5.74) is 4.11. The predicted octanol–water partition coefficient (Wildman–Crippen LogP) is 5.51. The van der Waals surface area contributed by atoms with Crippen LogP contribution in [-0.4, -0.2) is 38.7 Å². The van der Waals surface area contributed by atoms with E-state index in [-0.39, 0.29) is 37.2 Å². The number of hydrogen-bond donors (Lipinski definition) is 1. The highest BCUT2D eigenvalue weighted by Crippen LogP contribution is 2.23. The first-order valence-electron chi connectivity index (χ1n) is 8.86. The number of aromatic nitrogens is 3. The summed E-state index contributed by atoms with van der Waals surface area (Å²) in [5.74, 6) is 1.95. The Labute approximate surface area is 199 Å². The summed E-state index contributed by atoms with van der Waals surface area (Å²) in [7, 11) is 0. The zero-order chi connectivity index (χ0) is 17.6. The first-order chi connectivity index (χ1) is 12.9. The smallest absolute Gasteiger partial charge is 0.165 e. The van der Waals surface area contributed by atoms with Crippen molar-refractivity contribution in [2.75, 3.05) is 18.8 Å². The fourth-order valence-corrected chi connectivity index (χ4v) is 4.83. The average Bonchev–Trinajstić information content (AvgIpc) is 3.20. The number of hydrogen-bond acceptors (Lipinski definition) is 5. The number of benzene rings is 1. The average molecular weight is 492 g/mol. The molecule has 3 aromatic rings. The first kappa shape index (κ1) is 26.1. The van der Waals surface area contributed by atoms with Gasteiger partial charge in [-0.2, -0.15) is 0 Å². The molecule has 0 fully saturated rings. The van der Waals surface area contributed by atoms with Gasteiger partial charge in [0, 0.05) is 54.6 Å². The van der Waals surface area contributed by atoms with E-state index in [1.165, 1.54) is 29.0 Å². The SMILES string of the molecule is Cl.Cl.Cl.c1ccc2c(c1)CCN(CCSc1ccnc(CSc3ncc[nH]3)c1)C2. The van der Waals surface area contributed by atoms with Crippen molar-refractivity contribution in [3.05, 3.63) is 71.8 Å². The predicted molar refractivity (Wildman–Crippen MR) is 130 cm³/mol. The maximum absolute atomic E-state index is 4.48. The van der Waals surface area contributed by atoms with Crippen molar-refractivity contribution >= 4 is 60.7 Å². The standard InChI is InChI=1S/C20H22N4S2.3ClH/c1-2-4-17-14-24(10-6-16(17)3-1)11-12-25-19-5-7-21-18(13-19)15-26-20-22-8-9-23-20;;;/h1-5,7-9,13H,6,10-12,14-15H2,(H,22,23);3*1H. The molecule has 4 nitrogen and oxygen atoms in total. The third-order valence-corrected chi connectivity index (χ3v) is 6.41. The molecule has 0 radical (unpaired) electrons. The monoisotopic (exact) mass is 490 g/mol. The Kier molecular flexibility index (Phi) is 12.1. The molecule has 1 aliphatic heterocycles. The number of H-pyrrole nitrogens is 1. The number of nitrogens with one attached hydrogen (secondary N) is 1. The molecule has 9 heteroatoms. The van der Waals surface area contributed by atoms with Gasteiger partial charge in [0.15, 0.2) is 5.16 Å². The summed E-state index contributed by atoms with van der Waals surface area (Å²) in [4.78, 5) is 15.7. The lowest BCUT2D eigenvalue weighted by molar-refractivity contribution is 0.270. The lowest BCUT2D eigenvalue weighted by atomic mass is 10.0. The van der Waals surface area contributed by atoms with E-state index < -0.39 is 0 Å². The van der Waals surface area contributed by atoms with Crippen molar-refractivity contribution in [3.63, 3.8) is 0 Å². The molecule has 0 unspecified atom stereocenters. The van der Waals surface area contributed by atoms with Gasteiger partial charge in [-0.25, -0.2) is 4.98 Å². The minimum atomic E-state index is 0. The number of pyridine rings is 1. The zero-order valence-corrected chi connectivity index (χ0v) is 19.9. The Hall–Kier alpha value is -0.890. The van der Waals surface area contributed by atoms with Gasteiger partial charge in [-0.3, -0.25) is 9.88 Å². The summed E-state index contributed by atoms with van der Waals surface area (Å²) >= 11 is 3.60. The van der Waals surface area contributed by atoms with Crippen LogP contribution < -0.4 is 0 Å². The van der Waals surface area contributed by atoms with Crippen molar-refractivity contribution in [1.29, 1.82) is 0 Å². The Balaban J connectivity index is 0.00000140. The molecule has 1 aromatic carbocycles. The van der Waals surface area contributed by atoms with E-state index in [4.69, 9.17) is 0 Å². The summed E-state index contributed by atoms with van der Waals surface area (Å²) in [6.45, 7) is 3.37. The highest BCUT2D eigenvalue weighted by Gasteiger charge is 2.15. The van der Waals surface area contributed by atoms with Gasteiger partial charge in [-0.1, -0.05) is 36.0 Å². The second-order valence-corrected chi connectivity index (χ2v) is 8.44. The van der Waals surface area contributed by atoms with Gasteiger partial charge in [0.05, 0.1) is 5.69 Å². The molecule has 1 aliphatic rings. The molecule has 158 valence electrons. The topological polar surface area (TPSA) is 44.8 Å². The maximum Gasteiger partial charge on any atom is 0.165 e. The maximum atomic E-state index is 4.48. The highest BCUT2D eigenvalue weighted by molar-refractivity contribution is 7.99. The summed E-state index contributed by atoms with van der Waals surface area (Å²) in [6.07, 6.45) is 6.71. The number of imidazole rings is 1. The summed E-state index contributed by atoms with van der Waals surface area (Å²) in [6, 6.07) is 13.1. The molecule has 0 bridgehead atoms. The molecule has 1 N–H and O–H groups in total. The number of nitrogens with zero attached hydrogens (tertiary/aromatic N) is 3. The Bertz CT molecular complexity index is 849. The van der Waals surface area contributed by atoms with Crippen LogP contribution in [0.5, 0.6) is 0 Å². The van der Waals surface area contributed by atoms with Crippen LogP contribution in [0.3, 0.4) is 0 Å². The number of thioether (sulfide) groups is 2. The van der Waals surface area contributed by atoms with Crippen molar-refractivity contribution in [2.24, 2.45) is 0 Å². The number of halogens is 3. The third-order valence-electron chi connectivity index (χ3n) is 4.50. The van der Waals surface area contributed by atoms with Crippen LogP contribution >= 0.6 is 60.7 Å². The van der Waals surface area contributed by atoms with E-state index in [0.29, 0.717) is 0 Å². The molecule has 0 atom stereocenters. The number of aromatic amines is 1. The van der Waals surface area contributed by atoms with Gasteiger partial charge >= 0.3 is 0 Å². The zero-order valence-electron chi connectivity index (χ0n) is 15.8. The molecular weight excluding hydrogens is 467 g/mol. The van der Waals surface area contributed by atoms with Crippen LogP contribution in [0.1, 0.15) is 16.8 Å². The molecule has 4 rings (SSSR count). The minimum Gasteiger partial charge on any atom is -0.340 e. The van der Waals surface area contributed by atoms with Crippen LogP contribution in [0.4, 0.5) is 0 Å². The van der Waals surface area contributed by atoms with Gasteiger partial charge < -0.3 is 4.98 Å². The quantitative estimate of drug-likeness (QED) is 0.441. The summed E-state index contributed by atoms with van der Waals surface area (Å²) in [5, 5.41) is 0.940. The van der Waals surface area contributed by atoms with Crippen LogP contribution in [-0.2, 0) is 18.7 Å². The van der Waals surface area contributed by atoms with E-state index in [2.05, 4.69) is 56.3 Å². The fraction of sp³-hybridized carbons (Fsp3) is 0.300. The highest BCUT2D eigenvalue weighted by atomic mass is 35.5. The van der Waals surface area contributed by atoms with Crippen LogP contribution in [0, 0.1) is 0 Å². The summed E-state index contributed by atoms with van der Waals surface area (Å²) < 4.78 is 0. The normalized spacial score (nSPS) is 12.8. The molecule has 0 aliphatic carbocycles. The Morgan fingerprint density at radius 3 is 2.59 bits per heavy atom. The second kappa shape index (κ2) is 13.4. The van der Waals surface area contributed by atoms with Gasteiger partial charge in [-0.15, -0.1) is 49.0 Å². The second-order valence-electron chi connectivity index (χ2n) is 6.31. The molecule has 0 spiro atoms. The molecule has 29 heavy (non-hydrogen) atoms. The first-order valence-corrected chi connectivity index (χ1v) is 10.8. The van der Waals surface area contributed by atoms with Crippen LogP contribution in [0.15, 0.2) is 65.0 Å². The Morgan fingerprint density at radius 2 is 1.79 bits per heavy atom. The number of fused-ring (bicyclic) bond motifs is 1. The van der Waals surface area contributed by atoms with Crippen molar-refractivity contribution in [3.8, 4) is 0 Å². The minimum absolute atomic E-state index is 0. The van der Waals surface area contributed by atoms with Crippen molar-refractivity contribution < 1.29 is 0 Å². The van der Waals surface area contributed by atoms with E-state index in [9.17, 15) is 0 Å². The van der Waals surface area contributed by atoms with Gasteiger partial charge in [-0.05, 0) is 29.7 Å². The van der Waals surface area contributed by atoms with Crippen molar-refractivity contribution in [1.82, 2.24) is 19.9 Å². The van der Waals surface area contributed by atoms with Gasteiger partial charge in [0.1, 0.15) is 0 Å². The number of rotatable bonds is 7. The van der Waals surface area contributed by atoms with Crippen LogP contribution in [0.2, 0.25) is 0 Å². The van der Waals surface area contributed by atoms with Crippen LogP contribution in [0.25, 0.3) is 0 Å². The van der Waals surface area contributed by atoms with Gasteiger partial charge in [0.2, 0.25) is 0 Å². The van der Waals surface area contributed by atoms with Gasteiger partial charge in [0.25, 0.3) is 0 Å². The lowest BCUT2D eigenvalue weighted by Gasteiger charge is -2.28. The molecule has 3 heterocycles. The van der Waals surface area contributed by atoms with Crippen molar-refractivity contribution in [2.45, 2.75) is 28.8 Å². The molecule has 0 saturated carbocycles. The van der Waals surface area contributed by atoms with E-state index in [0.717, 1.165) is 35.4 Å². The molecule has 0 amide bonds. The molecular formula is C20H25Cl3N4S2. The third kappa shape index (κ3) is 7.70. The van der Waals surface area contributed by atoms with E-state index >= 15 is 0 Å². The fourth-order valence-electron chi connectivity index (χ4n) is 3.13. The van der Waals surface area contributed by atoms with E-state index in [1.807, 2.05) is 24.2 Å². The Morgan fingerprint density at radius 1 is 0.966 bits per heavy atom. The lowest BCUT2D eigenvalue weighted by Crippen LogP contribution is -2.32. The molecule has 2 aromatic heterocycles. The largest absolute Gasteiger partial charge is 0.340 e.